The summed E-state index contributed by atoms with van der Waals surface area (Å²) in [5.74, 6) is 1.000. The summed E-state index contributed by atoms with van der Waals surface area (Å²) in [6.07, 6.45) is 2.79. The van der Waals surface area contributed by atoms with Gasteiger partial charge < -0.3 is 9.64 Å². The summed E-state index contributed by atoms with van der Waals surface area (Å²) in [5, 5.41) is 0. The molecule has 68 valence electrons. The van der Waals surface area contributed by atoms with E-state index in [0.29, 0.717) is 0 Å². The number of hydrogen-bond acceptors (Lipinski definition) is 2. The van der Waals surface area contributed by atoms with Crippen LogP contribution in [0.5, 0.6) is 0 Å². The van der Waals surface area contributed by atoms with Gasteiger partial charge >= 0.3 is 0 Å². The van der Waals surface area contributed by atoms with Gasteiger partial charge in [0.25, 0.3) is 0 Å². The predicted molar refractivity (Wildman–Crippen MR) is 48.8 cm³/mol. The predicted octanol–water partition coefficient (Wildman–Crippen LogP) is 1.61. The Hall–Kier alpha value is -0.0800. The van der Waals surface area contributed by atoms with Crippen molar-refractivity contribution in [3.05, 3.63) is 0 Å². The Morgan fingerprint density at radius 1 is 1.45 bits per heavy atom. The summed E-state index contributed by atoms with van der Waals surface area (Å²) in [4.78, 5) is 2.41. The molecule has 1 fully saturated rings. The zero-order valence-electron chi connectivity index (χ0n) is 8.26. The number of rotatable bonds is 1. The minimum atomic E-state index is 1.000. The zero-order chi connectivity index (χ0) is 8.69. The van der Waals surface area contributed by atoms with Gasteiger partial charge in [-0.1, -0.05) is 13.3 Å². The van der Waals surface area contributed by atoms with E-state index in [1.54, 1.807) is 14.2 Å². The van der Waals surface area contributed by atoms with E-state index in [-0.39, 0.29) is 0 Å². The van der Waals surface area contributed by atoms with Crippen LogP contribution in [-0.2, 0) is 4.74 Å². The van der Waals surface area contributed by atoms with Crippen molar-refractivity contribution in [1.82, 2.24) is 4.90 Å². The Morgan fingerprint density at radius 3 is 2.18 bits per heavy atom. The molecule has 2 nitrogen and oxygen atoms in total. The molecule has 1 heterocycles. The summed E-state index contributed by atoms with van der Waals surface area (Å²) < 4.78 is 4.25. The second-order valence-corrected chi connectivity index (χ2v) is 3.23. The average molecular weight is 159 g/mol. The minimum absolute atomic E-state index is 1.000. The van der Waals surface area contributed by atoms with E-state index in [1.165, 1.54) is 25.9 Å². The third-order valence-electron chi connectivity index (χ3n) is 2.07. The molecule has 0 spiro atoms. The van der Waals surface area contributed by atoms with Crippen molar-refractivity contribution in [1.29, 1.82) is 0 Å². The van der Waals surface area contributed by atoms with Crippen LogP contribution in [0.25, 0.3) is 0 Å². The van der Waals surface area contributed by atoms with Gasteiger partial charge in [0, 0.05) is 20.8 Å². The van der Waals surface area contributed by atoms with Gasteiger partial charge in [-0.2, -0.15) is 0 Å². The molecule has 1 aliphatic heterocycles. The fraction of sp³-hybridized carbons (Fsp3) is 1.00. The van der Waals surface area contributed by atoms with Crippen LogP contribution >= 0.6 is 0 Å². The lowest BCUT2D eigenvalue weighted by molar-refractivity contribution is 0.277. The number of hydrogen-bond donors (Lipinski definition) is 0. The molecular formula is C9H21NO. The van der Waals surface area contributed by atoms with Gasteiger partial charge in [0.2, 0.25) is 0 Å². The summed E-state index contributed by atoms with van der Waals surface area (Å²) in [6.45, 7) is 4.93. The van der Waals surface area contributed by atoms with E-state index in [1.807, 2.05) is 0 Å². The highest BCUT2D eigenvalue weighted by molar-refractivity contribution is 4.70. The molecular weight excluding hydrogens is 138 g/mol. The minimum Gasteiger partial charge on any atom is -0.388 e. The van der Waals surface area contributed by atoms with E-state index < -0.39 is 0 Å². The van der Waals surface area contributed by atoms with Crippen molar-refractivity contribution in [3.8, 4) is 0 Å². The van der Waals surface area contributed by atoms with Gasteiger partial charge in [0.1, 0.15) is 0 Å². The normalized spacial score (nSPS) is 24.5. The van der Waals surface area contributed by atoms with Crippen LogP contribution in [0.4, 0.5) is 0 Å². The topological polar surface area (TPSA) is 12.5 Å². The van der Waals surface area contributed by atoms with Crippen LogP contribution in [0.3, 0.4) is 0 Å². The highest BCUT2D eigenvalue weighted by atomic mass is 16.4. The average Bonchev–Trinajstić information content (AvgIpc) is 2.37. The molecule has 0 N–H and O–H groups in total. The molecule has 1 aliphatic rings. The first-order chi connectivity index (χ1) is 5.24. The quantitative estimate of drug-likeness (QED) is 0.576. The van der Waals surface area contributed by atoms with E-state index >= 15 is 0 Å². The first-order valence-corrected chi connectivity index (χ1v) is 4.33. The van der Waals surface area contributed by atoms with Crippen molar-refractivity contribution in [3.63, 3.8) is 0 Å². The van der Waals surface area contributed by atoms with Crippen LogP contribution in [0.1, 0.15) is 19.8 Å². The molecule has 0 aromatic rings. The molecule has 2 heteroatoms. The lowest BCUT2D eigenvalue weighted by atomic mass is 10.1. The van der Waals surface area contributed by atoms with E-state index in [0.717, 1.165) is 5.92 Å². The molecule has 0 saturated carbocycles. The molecule has 0 aromatic carbocycles. The molecule has 0 radical (unpaired) electrons. The maximum Gasteiger partial charge on any atom is 0.0351 e. The Balaban J connectivity index is 0.000000292. The van der Waals surface area contributed by atoms with Gasteiger partial charge in [0.15, 0.2) is 0 Å². The molecule has 11 heavy (non-hydrogen) atoms. The Morgan fingerprint density at radius 2 is 2.00 bits per heavy atom. The molecule has 1 rings (SSSR count). The summed E-state index contributed by atoms with van der Waals surface area (Å²) in [7, 11) is 5.45. The molecule has 1 atom stereocenters. The monoisotopic (exact) mass is 159 g/mol. The first kappa shape index (κ1) is 10.9. The summed E-state index contributed by atoms with van der Waals surface area (Å²) >= 11 is 0. The molecule has 0 amide bonds. The summed E-state index contributed by atoms with van der Waals surface area (Å²) in [6, 6.07) is 0. The SMILES string of the molecule is CC[C@@H]1CCN(C)C1.COC. The van der Waals surface area contributed by atoms with Crippen LogP contribution < -0.4 is 0 Å². The van der Waals surface area contributed by atoms with E-state index in [4.69, 9.17) is 0 Å². The molecule has 0 bridgehead atoms. The number of nitrogens with zero attached hydrogens (tertiary/aromatic N) is 1. The van der Waals surface area contributed by atoms with Crippen LogP contribution in [0, 0.1) is 5.92 Å². The summed E-state index contributed by atoms with van der Waals surface area (Å²) in [5.41, 5.74) is 0. The highest BCUT2D eigenvalue weighted by Crippen LogP contribution is 2.16. The van der Waals surface area contributed by atoms with Crippen molar-refractivity contribution in [2.75, 3.05) is 34.4 Å². The first-order valence-electron chi connectivity index (χ1n) is 4.33. The Labute approximate surface area is 70.5 Å². The molecule has 1 saturated heterocycles. The second-order valence-electron chi connectivity index (χ2n) is 3.23. The van der Waals surface area contributed by atoms with Crippen LogP contribution in [0.15, 0.2) is 0 Å². The third kappa shape index (κ3) is 5.22. The zero-order valence-corrected chi connectivity index (χ0v) is 8.26. The van der Waals surface area contributed by atoms with Crippen molar-refractivity contribution < 1.29 is 4.74 Å². The highest BCUT2D eigenvalue weighted by Gasteiger charge is 2.16. The van der Waals surface area contributed by atoms with Crippen LogP contribution in [-0.4, -0.2) is 39.3 Å². The second kappa shape index (κ2) is 6.62. The van der Waals surface area contributed by atoms with Gasteiger partial charge in [-0.3, -0.25) is 0 Å². The Kier molecular flexibility index (Phi) is 6.57. The number of ether oxygens (including phenoxy) is 1. The van der Waals surface area contributed by atoms with Crippen molar-refractivity contribution in [2.45, 2.75) is 19.8 Å². The van der Waals surface area contributed by atoms with Gasteiger partial charge in [-0.15, -0.1) is 0 Å². The Bertz CT molecular complexity index is 85.6. The fourth-order valence-corrected chi connectivity index (χ4v) is 1.36. The van der Waals surface area contributed by atoms with E-state index in [2.05, 4.69) is 23.6 Å². The van der Waals surface area contributed by atoms with Crippen molar-refractivity contribution in [2.24, 2.45) is 5.92 Å². The largest absolute Gasteiger partial charge is 0.388 e. The maximum absolute atomic E-state index is 4.25. The lowest BCUT2D eigenvalue weighted by Gasteiger charge is -2.05. The number of likely N-dealkylation sites (tertiary alicyclic amines) is 1. The maximum atomic E-state index is 4.25. The lowest BCUT2D eigenvalue weighted by Crippen LogP contribution is -2.13. The van der Waals surface area contributed by atoms with Gasteiger partial charge in [-0.25, -0.2) is 0 Å². The molecule has 0 aromatic heterocycles. The number of methoxy groups -OCH3 is 1. The van der Waals surface area contributed by atoms with Gasteiger partial charge in [0.05, 0.1) is 0 Å². The fourth-order valence-electron chi connectivity index (χ4n) is 1.36. The molecule has 0 aliphatic carbocycles. The van der Waals surface area contributed by atoms with Crippen LogP contribution in [0.2, 0.25) is 0 Å². The van der Waals surface area contributed by atoms with E-state index in [9.17, 15) is 0 Å². The van der Waals surface area contributed by atoms with Crippen molar-refractivity contribution >= 4 is 0 Å². The smallest absolute Gasteiger partial charge is 0.0351 e. The van der Waals surface area contributed by atoms with Gasteiger partial charge in [-0.05, 0) is 25.9 Å². The third-order valence-corrected chi connectivity index (χ3v) is 2.07. The standard InChI is InChI=1S/C7H15N.C2H6O/c1-3-7-4-5-8(2)6-7;1-3-2/h7H,3-6H2,1-2H3;1-2H3/t7-;/m1./s1. The molecule has 0 unspecified atom stereocenters.